The molecule has 0 spiro atoms. The number of allylic oxidation sites excluding steroid dienone is 2. The molecule has 5 heteroatoms. The minimum atomic E-state index is -0.747. The maximum absolute atomic E-state index is 13.1. The molecular formula is C23H38O5. The molecule has 0 saturated heterocycles. The van der Waals surface area contributed by atoms with Gasteiger partial charge in [0.1, 0.15) is 5.78 Å². The summed E-state index contributed by atoms with van der Waals surface area (Å²) in [6, 6.07) is 0. The second-order valence-corrected chi connectivity index (χ2v) is 9.08. The molecule has 160 valence electrons. The molecule has 2 aliphatic carbocycles. The van der Waals surface area contributed by atoms with E-state index in [-0.39, 0.29) is 48.1 Å². The first-order valence-corrected chi connectivity index (χ1v) is 11.0. The number of hydrogen-bond acceptors (Lipinski definition) is 5. The highest BCUT2D eigenvalue weighted by Crippen LogP contribution is 2.51. The summed E-state index contributed by atoms with van der Waals surface area (Å²) in [4.78, 5) is 26.1. The number of carbonyl (C=O) groups excluding carboxylic acids is 2. The van der Waals surface area contributed by atoms with Crippen LogP contribution in [0.5, 0.6) is 0 Å². The number of fused-ring (bicyclic) bond motifs is 1. The quantitative estimate of drug-likeness (QED) is 0.517. The number of Topliss-reactive ketones (excluding diaryl/α,β-unsaturated/α-hetero) is 2. The first-order chi connectivity index (χ1) is 13.3. The highest BCUT2D eigenvalue weighted by molar-refractivity contribution is 6.00. The van der Waals surface area contributed by atoms with Gasteiger partial charge in [0.25, 0.3) is 0 Å². The van der Waals surface area contributed by atoms with Crippen LogP contribution in [0.4, 0.5) is 0 Å². The molecule has 5 nitrogen and oxygen atoms in total. The molecule has 1 saturated carbocycles. The van der Waals surface area contributed by atoms with Crippen LogP contribution >= 0.6 is 0 Å². The molecule has 28 heavy (non-hydrogen) atoms. The maximum Gasteiger partial charge on any atom is 0.200 e. The van der Waals surface area contributed by atoms with E-state index in [0.29, 0.717) is 12.0 Å². The molecule has 0 bridgehead atoms. The van der Waals surface area contributed by atoms with Crippen molar-refractivity contribution in [1.29, 1.82) is 0 Å². The lowest BCUT2D eigenvalue weighted by atomic mass is 9.55. The van der Waals surface area contributed by atoms with E-state index in [2.05, 4.69) is 6.92 Å². The molecule has 1 fully saturated rings. The van der Waals surface area contributed by atoms with E-state index < -0.39 is 23.9 Å². The van der Waals surface area contributed by atoms with E-state index in [4.69, 9.17) is 0 Å². The van der Waals surface area contributed by atoms with Gasteiger partial charge in [0.2, 0.25) is 5.78 Å². The summed E-state index contributed by atoms with van der Waals surface area (Å²) in [5.41, 5.74) is 0.502. The molecule has 0 heterocycles. The van der Waals surface area contributed by atoms with Gasteiger partial charge in [-0.1, -0.05) is 53.4 Å². The Bertz CT molecular complexity index is 596. The highest BCUT2D eigenvalue weighted by Gasteiger charge is 2.55. The summed E-state index contributed by atoms with van der Waals surface area (Å²) < 4.78 is 0. The number of rotatable bonds is 9. The molecule has 0 aromatic heterocycles. The summed E-state index contributed by atoms with van der Waals surface area (Å²) in [5.74, 6) is -2.42. The third kappa shape index (κ3) is 4.51. The second kappa shape index (κ2) is 10.0. The van der Waals surface area contributed by atoms with Crippen LogP contribution in [0.25, 0.3) is 0 Å². The van der Waals surface area contributed by atoms with E-state index >= 15 is 0 Å². The van der Waals surface area contributed by atoms with Crippen LogP contribution in [-0.2, 0) is 9.59 Å². The molecule has 1 unspecified atom stereocenters. The van der Waals surface area contributed by atoms with Crippen LogP contribution in [0.15, 0.2) is 11.3 Å². The first kappa shape index (κ1) is 23.1. The normalized spacial score (nSPS) is 34.3. The average molecular weight is 395 g/mol. The van der Waals surface area contributed by atoms with Crippen LogP contribution in [-0.4, -0.2) is 39.6 Å². The molecular weight excluding hydrogens is 356 g/mol. The number of hydrogen-bond donors (Lipinski definition) is 3. The van der Waals surface area contributed by atoms with Gasteiger partial charge >= 0.3 is 0 Å². The Morgan fingerprint density at radius 3 is 2.50 bits per heavy atom. The van der Waals surface area contributed by atoms with Crippen molar-refractivity contribution < 1.29 is 24.9 Å². The van der Waals surface area contributed by atoms with Gasteiger partial charge in [0.05, 0.1) is 6.10 Å². The van der Waals surface area contributed by atoms with E-state index in [9.17, 15) is 24.9 Å². The monoisotopic (exact) mass is 394 g/mol. The van der Waals surface area contributed by atoms with Gasteiger partial charge in [-0.2, -0.15) is 0 Å². The fourth-order valence-corrected chi connectivity index (χ4v) is 5.42. The standard InChI is InChI=1S/C23H38O5/c1-5-6-7-8-9-13(2)18-20(16(25)10-11-24)21-17(26)12-14(3)15(4)19(21)23(28)22(18)27/h13-15,17,19-21,24,26-27H,5-12H2,1-4H3/t13-,14-,15-,17+,19-,20?,21-/m1/s1. The van der Waals surface area contributed by atoms with Crippen molar-refractivity contribution in [2.45, 2.75) is 78.7 Å². The molecule has 2 rings (SSSR count). The largest absolute Gasteiger partial charge is 0.504 e. The first-order valence-electron chi connectivity index (χ1n) is 11.0. The minimum Gasteiger partial charge on any atom is -0.504 e. The number of aliphatic hydroxyl groups excluding tert-OH is 3. The van der Waals surface area contributed by atoms with E-state index in [1.807, 2.05) is 20.8 Å². The van der Waals surface area contributed by atoms with Crippen molar-refractivity contribution >= 4 is 11.6 Å². The lowest BCUT2D eigenvalue weighted by Crippen LogP contribution is -2.54. The number of unbranched alkanes of at least 4 members (excludes halogenated alkanes) is 3. The zero-order valence-electron chi connectivity index (χ0n) is 17.9. The Kier molecular flexibility index (Phi) is 8.26. The zero-order valence-corrected chi connectivity index (χ0v) is 17.9. The van der Waals surface area contributed by atoms with Crippen molar-refractivity contribution in [2.24, 2.45) is 35.5 Å². The van der Waals surface area contributed by atoms with Gasteiger partial charge in [-0.25, -0.2) is 0 Å². The van der Waals surface area contributed by atoms with Crippen molar-refractivity contribution in [3.05, 3.63) is 11.3 Å². The van der Waals surface area contributed by atoms with E-state index in [0.717, 1.165) is 32.1 Å². The Balaban J connectivity index is 2.42. The lowest BCUT2D eigenvalue weighted by molar-refractivity contribution is -0.143. The average Bonchev–Trinajstić information content (AvgIpc) is 2.65. The number of aliphatic hydroxyl groups is 3. The van der Waals surface area contributed by atoms with Gasteiger partial charge in [0.15, 0.2) is 5.76 Å². The van der Waals surface area contributed by atoms with Gasteiger partial charge < -0.3 is 15.3 Å². The molecule has 0 amide bonds. The Labute approximate surface area is 169 Å². The number of carbonyl (C=O) groups is 2. The van der Waals surface area contributed by atoms with Gasteiger partial charge in [-0.05, 0) is 36.2 Å². The zero-order chi connectivity index (χ0) is 21.0. The topological polar surface area (TPSA) is 94.8 Å². The maximum atomic E-state index is 13.1. The fourth-order valence-electron chi connectivity index (χ4n) is 5.42. The smallest absolute Gasteiger partial charge is 0.200 e. The molecule has 7 atom stereocenters. The van der Waals surface area contributed by atoms with Gasteiger partial charge in [-0.3, -0.25) is 9.59 Å². The molecule has 2 aliphatic rings. The predicted octanol–water partition coefficient (Wildman–Crippen LogP) is 3.82. The van der Waals surface area contributed by atoms with Crippen LogP contribution in [0.3, 0.4) is 0 Å². The van der Waals surface area contributed by atoms with Gasteiger partial charge in [-0.15, -0.1) is 0 Å². The highest BCUT2D eigenvalue weighted by atomic mass is 16.3. The van der Waals surface area contributed by atoms with E-state index in [1.54, 1.807) is 0 Å². The van der Waals surface area contributed by atoms with E-state index in [1.165, 1.54) is 0 Å². The molecule has 0 radical (unpaired) electrons. The van der Waals surface area contributed by atoms with Crippen molar-refractivity contribution in [2.75, 3.05) is 6.61 Å². The van der Waals surface area contributed by atoms with Gasteiger partial charge in [0, 0.05) is 30.8 Å². The Hall–Kier alpha value is -1.20. The molecule has 0 aromatic rings. The summed E-state index contributed by atoms with van der Waals surface area (Å²) in [6.45, 7) is 7.84. The SMILES string of the molecule is CCCCCC[C@@H](C)C1=C(O)C(=O)[C@@H]2[C@H](C)[C@H](C)C[C@H](O)[C@H]2C1C(=O)CCO. The molecule has 0 aromatic carbocycles. The predicted molar refractivity (Wildman–Crippen MR) is 109 cm³/mol. The van der Waals surface area contributed by atoms with Crippen molar-refractivity contribution in [3.8, 4) is 0 Å². The van der Waals surface area contributed by atoms with Crippen LogP contribution in [0, 0.1) is 35.5 Å². The Morgan fingerprint density at radius 2 is 1.89 bits per heavy atom. The lowest BCUT2D eigenvalue weighted by Gasteiger charge is -2.49. The second-order valence-electron chi connectivity index (χ2n) is 9.08. The third-order valence-corrected chi connectivity index (χ3v) is 7.19. The third-order valence-electron chi connectivity index (χ3n) is 7.19. The minimum absolute atomic E-state index is 0.00566. The summed E-state index contributed by atoms with van der Waals surface area (Å²) >= 11 is 0. The summed E-state index contributed by atoms with van der Waals surface area (Å²) in [7, 11) is 0. The number of ketones is 2. The van der Waals surface area contributed by atoms with Crippen LogP contribution in [0.1, 0.15) is 72.6 Å². The fraction of sp³-hybridized carbons (Fsp3) is 0.826. The molecule has 3 N–H and O–H groups in total. The molecule has 0 aliphatic heterocycles. The van der Waals surface area contributed by atoms with Crippen LogP contribution in [0.2, 0.25) is 0 Å². The summed E-state index contributed by atoms with van der Waals surface area (Å²) in [6.07, 6.45) is 4.92. The van der Waals surface area contributed by atoms with Crippen molar-refractivity contribution in [3.63, 3.8) is 0 Å². The summed E-state index contributed by atoms with van der Waals surface area (Å²) in [5, 5.41) is 31.1. The Morgan fingerprint density at radius 1 is 1.21 bits per heavy atom. The van der Waals surface area contributed by atoms with Crippen LogP contribution < -0.4 is 0 Å². The van der Waals surface area contributed by atoms with Crippen molar-refractivity contribution in [1.82, 2.24) is 0 Å².